The van der Waals surface area contributed by atoms with Crippen LogP contribution in [0.4, 0.5) is 5.82 Å². The summed E-state index contributed by atoms with van der Waals surface area (Å²) >= 11 is 1.65. The summed E-state index contributed by atoms with van der Waals surface area (Å²) in [4.78, 5) is 36.5. The van der Waals surface area contributed by atoms with E-state index in [-0.39, 0.29) is 12.2 Å². The van der Waals surface area contributed by atoms with Crippen LogP contribution in [0.2, 0.25) is 0 Å². The third-order valence-corrected chi connectivity index (χ3v) is 6.71. The van der Waals surface area contributed by atoms with Gasteiger partial charge in [-0.15, -0.1) is 11.3 Å². The van der Waals surface area contributed by atoms with Gasteiger partial charge in [0.15, 0.2) is 5.78 Å². The fourth-order valence-corrected chi connectivity index (χ4v) is 4.61. The van der Waals surface area contributed by atoms with Crippen LogP contribution in [0.25, 0.3) is 21.3 Å². The molecule has 4 aromatic rings. The Labute approximate surface area is 190 Å². The largest absolute Gasteiger partial charge is 0.354 e. The minimum atomic E-state index is -0.00337. The second kappa shape index (κ2) is 8.72. The number of nitrogens with zero attached hydrogens (tertiary/aromatic N) is 6. The van der Waals surface area contributed by atoms with Gasteiger partial charge in [-0.3, -0.25) is 4.79 Å². The Balaban J connectivity index is 1.36. The van der Waals surface area contributed by atoms with E-state index in [1.807, 2.05) is 31.3 Å². The van der Waals surface area contributed by atoms with E-state index in [0.29, 0.717) is 11.4 Å². The lowest BCUT2D eigenvalue weighted by Gasteiger charge is -2.33. The van der Waals surface area contributed by atoms with Crippen LogP contribution in [0.1, 0.15) is 21.2 Å². The average molecular weight is 445 g/mol. The summed E-state index contributed by atoms with van der Waals surface area (Å²) < 4.78 is 0. The molecule has 3 aromatic heterocycles. The zero-order chi connectivity index (χ0) is 22.1. The van der Waals surface area contributed by atoms with Crippen molar-refractivity contribution in [2.24, 2.45) is 0 Å². The van der Waals surface area contributed by atoms with Crippen LogP contribution in [0.5, 0.6) is 0 Å². The first kappa shape index (κ1) is 20.7. The average Bonchev–Trinajstić information content (AvgIpc) is 3.25. The number of aryl methyl sites for hydroxylation is 1. The fraction of sp³-hybridized carbons (Fsp3) is 0.292. The number of anilines is 1. The summed E-state index contributed by atoms with van der Waals surface area (Å²) in [6.07, 6.45) is 5.54. The van der Waals surface area contributed by atoms with Gasteiger partial charge in [0.25, 0.3) is 0 Å². The van der Waals surface area contributed by atoms with Gasteiger partial charge in [0.2, 0.25) is 0 Å². The van der Waals surface area contributed by atoms with Gasteiger partial charge in [-0.05, 0) is 37.7 Å². The van der Waals surface area contributed by atoms with Crippen LogP contribution in [-0.2, 0) is 6.42 Å². The van der Waals surface area contributed by atoms with Crippen LogP contribution in [0, 0.1) is 6.92 Å². The molecule has 0 amide bonds. The standard InChI is InChI=1S/C24H24N6OS/c1-16-26-15-22(32-16)18-3-4-19-14-27-23(28-20(19)11-18)13-21(31)17-5-6-25-24(12-17)30-9-7-29(2)8-10-30/h3-6,11-12,14-15H,7-10,13H2,1-2H3. The van der Waals surface area contributed by atoms with Gasteiger partial charge in [-0.2, -0.15) is 0 Å². The highest BCUT2D eigenvalue weighted by Crippen LogP contribution is 2.28. The zero-order valence-corrected chi connectivity index (χ0v) is 19.0. The van der Waals surface area contributed by atoms with Gasteiger partial charge >= 0.3 is 0 Å². The molecule has 0 atom stereocenters. The van der Waals surface area contributed by atoms with E-state index in [4.69, 9.17) is 0 Å². The first-order chi connectivity index (χ1) is 15.5. The number of aromatic nitrogens is 4. The molecular weight excluding hydrogens is 420 g/mol. The van der Waals surface area contributed by atoms with Gasteiger partial charge in [-0.1, -0.05) is 12.1 Å². The van der Waals surface area contributed by atoms with Crippen LogP contribution in [0.15, 0.2) is 48.9 Å². The Morgan fingerprint density at radius 2 is 1.88 bits per heavy atom. The number of likely N-dealkylation sites (N-methyl/N-ethyl adjacent to an activating group) is 1. The molecule has 0 aliphatic carbocycles. The molecule has 1 aliphatic rings. The summed E-state index contributed by atoms with van der Waals surface area (Å²) in [6.45, 7) is 5.81. The van der Waals surface area contributed by atoms with Crippen LogP contribution in [-0.4, -0.2) is 63.8 Å². The second-order valence-electron chi connectivity index (χ2n) is 8.10. The Kier molecular flexibility index (Phi) is 5.63. The number of hydrogen-bond donors (Lipinski definition) is 0. The van der Waals surface area contributed by atoms with E-state index in [2.05, 4.69) is 42.8 Å². The summed E-state index contributed by atoms with van der Waals surface area (Å²) in [5, 5.41) is 1.98. The number of carbonyl (C=O) groups is 1. The molecule has 8 heteroatoms. The maximum atomic E-state index is 13.0. The van der Waals surface area contributed by atoms with E-state index in [9.17, 15) is 4.79 Å². The minimum absolute atomic E-state index is 0.00337. The van der Waals surface area contributed by atoms with Crippen molar-refractivity contribution < 1.29 is 4.79 Å². The maximum Gasteiger partial charge on any atom is 0.170 e. The summed E-state index contributed by atoms with van der Waals surface area (Å²) in [5.41, 5.74) is 2.55. The monoisotopic (exact) mass is 444 g/mol. The van der Waals surface area contributed by atoms with Crippen molar-refractivity contribution in [2.45, 2.75) is 13.3 Å². The number of Topliss-reactive ketones (excluding diaryl/α,β-unsaturated/α-hetero) is 1. The van der Waals surface area contributed by atoms with Crippen LogP contribution < -0.4 is 4.90 Å². The van der Waals surface area contributed by atoms with Crippen molar-refractivity contribution >= 4 is 33.8 Å². The van der Waals surface area contributed by atoms with E-state index in [1.54, 1.807) is 29.8 Å². The van der Waals surface area contributed by atoms with Crippen LogP contribution in [0.3, 0.4) is 0 Å². The first-order valence-corrected chi connectivity index (χ1v) is 11.5. The van der Waals surface area contributed by atoms with Gasteiger partial charge in [0, 0.05) is 55.7 Å². The number of hydrogen-bond acceptors (Lipinski definition) is 8. The molecule has 1 fully saturated rings. The summed E-state index contributed by atoms with van der Waals surface area (Å²) in [6, 6.07) is 9.76. The number of carbonyl (C=O) groups excluding carboxylic acids is 1. The van der Waals surface area contributed by atoms with Gasteiger partial charge in [0.05, 0.1) is 21.8 Å². The number of fused-ring (bicyclic) bond motifs is 1. The van der Waals surface area contributed by atoms with Crippen molar-refractivity contribution in [3.05, 3.63) is 65.3 Å². The maximum absolute atomic E-state index is 13.0. The number of ketones is 1. The summed E-state index contributed by atoms with van der Waals surface area (Å²) in [5.74, 6) is 1.38. The lowest BCUT2D eigenvalue weighted by Crippen LogP contribution is -2.44. The zero-order valence-electron chi connectivity index (χ0n) is 18.2. The van der Waals surface area contributed by atoms with Gasteiger partial charge in [0.1, 0.15) is 11.6 Å². The first-order valence-electron chi connectivity index (χ1n) is 10.7. The lowest BCUT2D eigenvalue weighted by molar-refractivity contribution is 0.0991. The Hall–Kier alpha value is -3.23. The van der Waals surface area contributed by atoms with Gasteiger partial charge < -0.3 is 9.80 Å². The normalized spacial score (nSPS) is 14.8. The minimum Gasteiger partial charge on any atom is -0.354 e. The number of rotatable bonds is 5. The number of pyridine rings is 1. The topological polar surface area (TPSA) is 75.1 Å². The molecule has 0 bridgehead atoms. The lowest BCUT2D eigenvalue weighted by atomic mass is 10.1. The molecule has 0 spiro atoms. The molecule has 1 saturated heterocycles. The predicted octanol–water partition coefficient (Wildman–Crippen LogP) is 3.63. The number of piperazine rings is 1. The van der Waals surface area contributed by atoms with Gasteiger partial charge in [-0.25, -0.2) is 19.9 Å². The summed E-state index contributed by atoms with van der Waals surface area (Å²) in [7, 11) is 2.12. The van der Waals surface area contributed by atoms with Crippen LogP contribution >= 0.6 is 11.3 Å². The Morgan fingerprint density at radius 1 is 1.03 bits per heavy atom. The molecule has 0 saturated carbocycles. The molecule has 0 unspecified atom stereocenters. The molecule has 0 N–H and O–H groups in total. The number of benzene rings is 1. The molecule has 1 aliphatic heterocycles. The highest BCUT2D eigenvalue weighted by atomic mass is 32.1. The molecular formula is C24H24N6OS. The predicted molar refractivity (Wildman–Crippen MR) is 127 cm³/mol. The molecule has 4 heterocycles. The van der Waals surface area contributed by atoms with Crippen molar-refractivity contribution in [3.8, 4) is 10.4 Å². The second-order valence-corrected chi connectivity index (χ2v) is 9.33. The molecule has 32 heavy (non-hydrogen) atoms. The quantitative estimate of drug-likeness (QED) is 0.435. The highest BCUT2D eigenvalue weighted by Gasteiger charge is 2.17. The third-order valence-electron chi connectivity index (χ3n) is 5.75. The Bertz CT molecular complexity index is 1280. The van der Waals surface area contributed by atoms with Crippen molar-refractivity contribution in [1.29, 1.82) is 0 Å². The third kappa shape index (κ3) is 4.37. The number of thiazole rings is 1. The van der Waals surface area contributed by atoms with Crippen molar-refractivity contribution in [3.63, 3.8) is 0 Å². The van der Waals surface area contributed by atoms with E-state index < -0.39 is 0 Å². The molecule has 1 aromatic carbocycles. The fourth-order valence-electron chi connectivity index (χ4n) is 3.84. The smallest absolute Gasteiger partial charge is 0.170 e. The van der Waals surface area contributed by atoms with E-state index >= 15 is 0 Å². The van der Waals surface area contributed by atoms with E-state index in [1.165, 1.54) is 0 Å². The van der Waals surface area contributed by atoms with E-state index in [0.717, 1.165) is 58.3 Å². The molecule has 5 rings (SSSR count). The molecule has 162 valence electrons. The van der Waals surface area contributed by atoms with Crippen molar-refractivity contribution in [2.75, 3.05) is 38.1 Å². The highest BCUT2D eigenvalue weighted by molar-refractivity contribution is 7.15. The van der Waals surface area contributed by atoms with Crippen molar-refractivity contribution in [1.82, 2.24) is 24.8 Å². The Morgan fingerprint density at radius 3 is 2.66 bits per heavy atom. The SMILES string of the molecule is Cc1ncc(-c2ccc3cnc(CC(=O)c4ccnc(N5CCN(C)CC5)c4)nc3c2)s1. The molecule has 7 nitrogen and oxygen atoms in total. The molecule has 0 radical (unpaired) electrons.